The third-order valence-corrected chi connectivity index (χ3v) is 3.81. The number of carbonyl (C=O) groups excluding carboxylic acids is 1. The number of hydrogen-bond donors (Lipinski definition) is 1. The molecule has 7 nitrogen and oxygen atoms in total. The zero-order valence-corrected chi connectivity index (χ0v) is 14.4. The number of oxazole rings is 1. The second-order valence-corrected chi connectivity index (χ2v) is 5.68. The number of rotatable bonds is 6. The van der Waals surface area contributed by atoms with Gasteiger partial charge in [-0.05, 0) is 31.2 Å². The van der Waals surface area contributed by atoms with Crippen LogP contribution < -0.4 is 10.1 Å². The summed E-state index contributed by atoms with van der Waals surface area (Å²) in [6, 6.07) is 7.49. The number of aryl methyl sites for hydroxylation is 2. The molecule has 0 aliphatic heterocycles. The summed E-state index contributed by atoms with van der Waals surface area (Å²) in [5.41, 5.74) is 2.96. The van der Waals surface area contributed by atoms with Crippen molar-refractivity contribution in [2.75, 3.05) is 13.7 Å². The van der Waals surface area contributed by atoms with Crippen molar-refractivity contribution in [2.45, 2.75) is 13.3 Å². The van der Waals surface area contributed by atoms with Crippen LogP contribution in [0.25, 0.3) is 11.5 Å². The minimum Gasteiger partial charge on any atom is -0.497 e. The van der Waals surface area contributed by atoms with Gasteiger partial charge in [-0.1, -0.05) is 0 Å². The Morgan fingerprint density at radius 1 is 1.32 bits per heavy atom. The van der Waals surface area contributed by atoms with Gasteiger partial charge in [0.05, 0.1) is 24.1 Å². The van der Waals surface area contributed by atoms with E-state index in [9.17, 15) is 4.79 Å². The molecule has 0 saturated carbocycles. The summed E-state index contributed by atoms with van der Waals surface area (Å²) in [4.78, 5) is 16.6. The first-order valence-electron chi connectivity index (χ1n) is 7.94. The Balaban J connectivity index is 1.56. The van der Waals surface area contributed by atoms with Gasteiger partial charge < -0.3 is 14.5 Å². The van der Waals surface area contributed by atoms with Crippen LogP contribution in [0, 0.1) is 6.92 Å². The highest BCUT2D eigenvalue weighted by Gasteiger charge is 2.12. The van der Waals surface area contributed by atoms with E-state index in [4.69, 9.17) is 9.15 Å². The molecule has 2 heterocycles. The van der Waals surface area contributed by atoms with Crippen molar-refractivity contribution >= 4 is 5.91 Å². The van der Waals surface area contributed by atoms with Gasteiger partial charge in [0.15, 0.2) is 0 Å². The zero-order valence-electron chi connectivity index (χ0n) is 14.4. The number of hydrogen-bond acceptors (Lipinski definition) is 5. The molecule has 7 heteroatoms. The van der Waals surface area contributed by atoms with E-state index in [1.807, 2.05) is 31.2 Å². The van der Waals surface area contributed by atoms with E-state index in [-0.39, 0.29) is 5.91 Å². The lowest BCUT2D eigenvalue weighted by Crippen LogP contribution is -2.26. The standard InChI is InChI=1S/C18H20N4O3/c1-12-16(10-22(2)21-12)17(23)19-9-8-14-11-25-18(20-14)13-4-6-15(24-3)7-5-13/h4-7,10-11H,8-9H2,1-3H3,(H,19,23). The van der Waals surface area contributed by atoms with Crippen molar-refractivity contribution in [2.24, 2.45) is 7.05 Å². The minimum atomic E-state index is -0.135. The summed E-state index contributed by atoms with van der Waals surface area (Å²) in [7, 11) is 3.42. The second-order valence-electron chi connectivity index (χ2n) is 5.68. The first-order valence-corrected chi connectivity index (χ1v) is 7.94. The lowest BCUT2D eigenvalue weighted by Gasteiger charge is -2.02. The van der Waals surface area contributed by atoms with Crippen molar-refractivity contribution in [1.29, 1.82) is 0 Å². The van der Waals surface area contributed by atoms with Crippen molar-refractivity contribution in [3.05, 3.63) is 53.7 Å². The summed E-state index contributed by atoms with van der Waals surface area (Å²) in [5.74, 6) is 1.19. The molecule has 1 aromatic carbocycles. The molecule has 130 valence electrons. The lowest BCUT2D eigenvalue weighted by molar-refractivity contribution is 0.0953. The molecule has 0 bridgehead atoms. The molecule has 1 amide bonds. The van der Waals surface area contributed by atoms with Crippen LogP contribution >= 0.6 is 0 Å². The van der Waals surface area contributed by atoms with Gasteiger partial charge in [0.25, 0.3) is 5.91 Å². The molecule has 25 heavy (non-hydrogen) atoms. The van der Waals surface area contributed by atoms with Crippen LogP contribution in [0.5, 0.6) is 5.75 Å². The van der Waals surface area contributed by atoms with Crippen LogP contribution in [-0.4, -0.2) is 34.3 Å². The Labute approximate surface area is 145 Å². The van der Waals surface area contributed by atoms with Crippen LogP contribution in [0.15, 0.2) is 41.1 Å². The molecule has 1 N–H and O–H groups in total. The maximum atomic E-state index is 12.1. The molecule has 0 atom stereocenters. The van der Waals surface area contributed by atoms with Gasteiger partial charge in [0.2, 0.25) is 5.89 Å². The van der Waals surface area contributed by atoms with Gasteiger partial charge in [0, 0.05) is 31.8 Å². The van der Waals surface area contributed by atoms with Gasteiger partial charge in [-0.2, -0.15) is 5.10 Å². The number of aromatic nitrogens is 3. The van der Waals surface area contributed by atoms with E-state index in [0.717, 1.165) is 17.0 Å². The monoisotopic (exact) mass is 340 g/mol. The summed E-state index contributed by atoms with van der Waals surface area (Å²) < 4.78 is 12.3. The topological polar surface area (TPSA) is 82.2 Å². The highest BCUT2D eigenvalue weighted by Crippen LogP contribution is 2.21. The van der Waals surface area contributed by atoms with E-state index in [2.05, 4.69) is 15.4 Å². The molecule has 0 saturated heterocycles. The van der Waals surface area contributed by atoms with Crippen LogP contribution in [0.1, 0.15) is 21.7 Å². The van der Waals surface area contributed by atoms with Gasteiger partial charge in [-0.3, -0.25) is 9.48 Å². The molecule has 0 aliphatic rings. The largest absolute Gasteiger partial charge is 0.497 e. The van der Waals surface area contributed by atoms with Crippen molar-refractivity contribution in [3.63, 3.8) is 0 Å². The van der Waals surface area contributed by atoms with Crippen molar-refractivity contribution < 1.29 is 13.9 Å². The number of nitrogens with zero attached hydrogens (tertiary/aromatic N) is 3. The fourth-order valence-electron chi connectivity index (χ4n) is 2.51. The van der Waals surface area contributed by atoms with Crippen molar-refractivity contribution in [3.8, 4) is 17.2 Å². The van der Waals surface area contributed by atoms with Crippen LogP contribution in [0.3, 0.4) is 0 Å². The number of ether oxygens (including phenoxy) is 1. The predicted octanol–water partition coefficient (Wildman–Crippen LogP) is 2.36. The van der Waals surface area contributed by atoms with E-state index >= 15 is 0 Å². The molecule has 0 fully saturated rings. The Hall–Kier alpha value is -3.09. The van der Waals surface area contributed by atoms with E-state index in [0.29, 0.717) is 30.1 Å². The fraction of sp³-hybridized carbons (Fsp3) is 0.278. The SMILES string of the molecule is COc1ccc(-c2nc(CCNC(=O)c3cn(C)nc3C)co2)cc1. The molecule has 3 aromatic rings. The highest BCUT2D eigenvalue weighted by molar-refractivity contribution is 5.94. The summed E-state index contributed by atoms with van der Waals surface area (Å²) >= 11 is 0. The average Bonchev–Trinajstić information content (AvgIpc) is 3.21. The molecule has 0 spiro atoms. The molecule has 3 rings (SSSR count). The van der Waals surface area contributed by atoms with Crippen LogP contribution in [0.4, 0.5) is 0 Å². The Morgan fingerprint density at radius 3 is 2.72 bits per heavy atom. The molecule has 0 radical (unpaired) electrons. The Kier molecular flexibility index (Phi) is 4.83. The van der Waals surface area contributed by atoms with Crippen molar-refractivity contribution in [1.82, 2.24) is 20.1 Å². The maximum absolute atomic E-state index is 12.1. The van der Waals surface area contributed by atoms with Gasteiger partial charge in [-0.15, -0.1) is 0 Å². The Bertz CT molecular complexity index is 865. The number of carbonyl (C=O) groups is 1. The molecule has 0 unspecified atom stereocenters. The zero-order chi connectivity index (χ0) is 17.8. The minimum absolute atomic E-state index is 0.135. The summed E-state index contributed by atoms with van der Waals surface area (Å²) in [5, 5.41) is 7.04. The third kappa shape index (κ3) is 3.88. The highest BCUT2D eigenvalue weighted by atomic mass is 16.5. The third-order valence-electron chi connectivity index (χ3n) is 3.81. The second kappa shape index (κ2) is 7.21. The fourth-order valence-corrected chi connectivity index (χ4v) is 2.51. The summed E-state index contributed by atoms with van der Waals surface area (Å²) in [6.07, 6.45) is 3.91. The van der Waals surface area contributed by atoms with Gasteiger partial charge in [-0.25, -0.2) is 4.98 Å². The van der Waals surface area contributed by atoms with E-state index < -0.39 is 0 Å². The average molecular weight is 340 g/mol. The van der Waals surface area contributed by atoms with Crippen LogP contribution in [-0.2, 0) is 13.5 Å². The molecular formula is C18H20N4O3. The Morgan fingerprint density at radius 2 is 2.08 bits per heavy atom. The van der Waals surface area contributed by atoms with E-state index in [1.54, 1.807) is 31.3 Å². The smallest absolute Gasteiger partial charge is 0.254 e. The number of nitrogens with one attached hydrogen (secondary N) is 1. The quantitative estimate of drug-likeness (QED) is 0.745. The number of methoxy groups -OCH3 is 1. The van der Waals surface area contributed by atoms with E-state index in [1.165, 1.54) is 0 Å². The lowest BCUT2D eigenvalue weighted by atomic mass is 10.2. The summed E-state index contributed by atoms with van der Waals surface area (Å²) in [6.45, 7) is 2.29. The van der Waals surface area contributed by atoms with Crippen LogP contribution in [0.2, 0.25) is 0 Å². The number of benzene rings is 1. The molecular weight excluding hydrogens is 320 g/mol. The molecule has 0 aliphatic carbocycles. The maximum Gasteiger partial charge on any atom is 0.254 e. The number of amides is 1. The van der Waals surface area contributed by atoms with Gasteiger partial charge in [0.1, 0.15) is 12.0 Å². The predicted molar refractivity (Wildman–Crippen MR) is 92.5 cm³/mol. The molecule has 2 aromatic heterocycles. The van der Waals surface area contributed by atoms with Gasteiger partial charge >= 0.3 is 0 Å². The normalized spacial score (nSPS) is 10.7. The first kappa shape index (κ1) is 16.8. The first-order chi connectivity index (χ1) is 12.1.